The largest absolute Gasteiger partial charge is 0.495 e. The van der Waals surface area contributed by atoms with Crippen LogP contribution in [0.1, 0.15) is 37.8 Å². The molecule has 0 saturated heterocycles. The van der Waals surface area contributed by atoms with Crippen LogP contribution in [0.2, 0.25) is 5.02 Å². The quantitative estimate of drug-likeness (QED) is 0.279. The molecule has 10 heteroatoms. The van der Waals surface area contributed by atoms with Gasteiger partial charge in [-0.3, -0.25) is 13.9 Å². The van der Waals surface area contributed by atoms with Crippen molar-refractivity contribution in [2.24, 2.45) is 0 Å². The van der Waals surface area contributed by atoms with Crippen LogP contribution in [-0.2, 0) is 26.2 Å². The molecule has 0 aliphatic carbocycles. The van der Waals surface area contributed by atoms with Crippen LogP contribution in [0.3, 0.4) is 0 Å². The summed E-state index contributed by atoms with van der Waals surface area (Å²) in [6, 6.07) is 19.2. The number of unbranched alkanes of at least 4 members (excludes halogenated alkanes) is 1. The van der Waals surface area contributed by atoms with Gasteiger partial charge in [-0.1, -0.05) is 67.4 Å². The smallest absolute Gasteiger partial charge is 0.264 e. The van der Waals surface area contributed by atoms with Gasteiger partial charge in [-0.15, -0.1) is 0 Å². The molecule has 0 fully saturated rings. The maximum atomic E-state index is 14.0. The van der Waals surface area contributed by atoms with E-state index in [0.717, 1.165) is 22.7 Å². The van der Waals surface area contributed by atoms with E-state index in [4.69, 9.17) is 16.3 Å². The van der Waals surface area contributed by atoms with E-state index in [1.807, 2.05) is 13.8 Å². The van der Waals surface area contributed by atoms with E-state index in [1.54, 1.807) is 67.6 Å². The van der Waals surface area contributed by atoms with Crippen molar-refractivity contribution in [3.63, 3.8) is 0 Å². The SMILES string of the molecule is CCCCNC(=O)[C@@H](C)N(Cc1ccccc1Cl)C(=O)CN(c1cc(C)ccc1OC)S(=O)(=O)c1ccccc1. The lowest BCUT2D eigenvalue weighted by atomic mass is 10.1. The minimum Gasteiger partial charge on any atom is -0.495 e. The van der Waals surface area contributed by atoms with Crippen molar-refractivity contribution in [3.05, 3.63) is 88.9 Å². The maximum absolute atomic E-state index is 14.0. The van der Waals surface area contributed by atoms with Crippen LogP contribution in [0.15, 0.2) is 77.7 Å². The third-order valence-electron chi connectivity index (χ3n) is 6.51. The number of ether oxygens (including phenoxy) is 1. The molecule has 214 valence electrons. The highest BCUT2D eigenvalue weighted by Gasteiger charge is 2.34. The zero-order valence-electron chi connectivity index (χ0n) is 23.3. The van der Waals surface area contributed by atoms with Crippen molar-refractivity contribution in [1.82, 2.24) is 10.2 Å². The van der Waals surface area contributed by atoms with E-state index >= 15 is 0 Å². The van der Waals surface area contributed by atoms with Gasteiger partial charge in [-0.05, 0) is 61.7 Å². The van der Waals surface area contributed by atoms with Crippen LogP contribution in [0, 0.1) is 6.92 Å². The number of aryl methyl sites for hydroxylation is 1. The second-order valence-corrected chi connectivity index (χ2v) is 11.7. The molecule has 0 radical (unpaired) electrons. The van der Waals surface area contributed by atoms with Crippen LogP contribution >= 0.6 is 11.6 Å². The molecule has 3 aromatic rings. The molecule has 0 unspecified atom stereocenters. The number of hydrogen-bond donors (Lipinski definition) is 1. The first-order chi connectivity index (χ1) is 19.1. The van der Waals surface area contributed by atoms with Gasteiger partial charge in [0.05, 0.1) is 17.7 Å². The number of amides is 2. The Morgan fingerprint density at radius 1 is 1.02 bits per heavy atom. The fraction of sp³-hybridized carbons (Fsp3) is 0.333. The number of sulfonamides is 1. The van der Waals surface area contributed by atoms with Gasteiger partial charge in [0.15, 0.2) is 0 Å². The molecular weight excluding hydrogens is 550 g/mol. The van der Waals surface area contributed by atoms with Gasteiger partial charge >= 0.3 is 0 Å². The molecule has 0 spiro atoms. The van der Waals surface area contributed by atoms with Gasteiger partial charge in [-0.25, -0.2) is 8.42 Å². The van der Waals surface area contributed by atoms with Crippen molar-refractivity contribution < 1.29 is 22.7 Å². The van der Waals surface area contributed by atoms with E-state index in [1.165, 1.54) is 24.1 Å². The number of nitrogens with zero attached hydrogens (tertiary/aromatic N) is 2. The van der Waals surface area contributed by atoms with Crippen LogP contribution in [0.4, 0.5) is 5.69 Å². The summed E-state index contributed by atoms with van der Waals surface area (Å²) < 4.78 is 34.5. The number of hydrogen-bond acceptors (Lipinski definition) is 5. The highest BCUT2D eigenvalue weighted by Crippen LogP contribution is 2.33. The summed E-state index contributed by atoms with van der Waals surface area (Å²) in [5, 5.41) is 3.31. The molecular formula is C30H36ClN3O5S. The van der Waals surface area contributed by atoms with E-state index in [2.05, 4.69) is 5.32 Å². The summed E-state index contributed by atoms with van der Waals surface area (Å²) in [5.74, 6) is -0.610. The summed E-state index contributed by atoms with van der Waals surface area (Å²) in [4.78, 5) is 28.5. The predicted molar refractivity (Wildman–Crippen MR) is 158 cm³/mol. The van der Waals surface area contributed by atoms with Crippen LogP contribution in [0.5, 0.6) is 5.75 Å². The van der Waals surface area contributed by atoms with Crippen molar-refractivity contribution in [3.8, 4) is 5.75 Å². The zero-order valence-corrected chi connectivity index (χ0v) is 24.8. The minimum absolute atomic E-state index is 0.0189. The van der Waals surface area contributed by atoms with Crippen molar-refractivity contribution in [1.29, 1.82) is 0 Å². The Hall–Kier alpha value is -3.56. The topological polar surface area (TPSA) is 96.0 Å². The van der Waals surface area contributed by atoms with Gasteiger partial charge < -0.3 is 15.0 Å². The van der Waals surface area contributed by atoms with Crippen molar-refractivity contribution in [2.75, 3.05) is 24.5 Å². The number of methoxy groups -OCH3 is 1. The number of nitrogens with one attached hydrogen (secondary N) is 1. The summed E-state index contributed by atoms with van der Waals surface area (Å²) in [5.41, 5.74) is 1.64. The lowest BCUT2D eigenvalue weighted by Gasteiger charge is -2.32. The van der Waals surface area contributed by atoms with E-state index in [9.17, 15) is 18.0 Å². The molecule has 0 bridgehead atoms. The lowest BCUT2D eigenvalue weighted by Crippen LogP contribution is -2.51. The van der Waals surface area contributed by atoms with Gasteiger partial charge in [-0.2, -0.15) is 0 Å². The predicted octanol–water partition coefficient (Wildman–Crippen LogP) is 5.19. The third kappa shape index (κ3) is 7.55. The summed E-state index contributed by atoms with van der Waals surface area (Å²) >= 11 is 6.41. The molecule has 2 amide bonds. The zero-order chi connectivity index (χ0) is 29.3. The number of halogens is 1. The fourth-order valence-electron chi connectivity index (χ4n) is 4.16. The average Bonchev–Trinajstić information content (AvgIpc) is 2.95. The monoisotopic (exact) mass is 585 g/mol. The van der Waals surface area contributed by atoms with Crippen molar-refractivity contribution >= 4 is 39.1 Å². The van der Waals surface area contributed by atoms with Crippen LogP contribution in [0.25, 0.3) is 0 Å². The van der Waals surface area contributed by atoms with Crippen LogP contribution < -0.4 is 14.4 Å². The Kier molecular flexibility index (Phi) is 11.0. The summed E-state index contributed by atoms with van der Waals surface area (Å²) in [6.07, 6.45) is 1.70. The van der Waals surface area contributed by atoms with E-state index in [-0.39, 0.29) is 23.0 Å². The average molecular weight is 586 g/mol. The Labute approximate surface area is 241 Å². The number of rotatable bonds is 13. The molecule has 3 aromatic carbocycles. The molecule has 3 rings (SSSR count). The van der Waals surface area contributed by atoms with Gasteiger partial charge in [0.2, 0.25) is 11.8 Å². The number of benzene rings is 3. The molecule has 0 heterocycles. The molecule has 0 aromatic heterocycles. The Morgan fingerprint density at radius 2 is 1.70 bits per heavy atom. The fourth-order valence-corrected chi connectivity index (χ4v) is 5.79. The number of anilines is 1. The van der Waals surface area contributed by atoms with Gasteiger partial charge in [0.25, 0.3) is 10.0 Å². The molecule has 0 saturated carbocycles. The van der Waals surface area contributed by atoms with E-state index in [0.29, 0.717) is 22.9 Å². The minimum atomic E-state index is -4.20. The highest BCUT2D eigenvalue weighted by atomic mass is 35.5. The second kappa shape index (κ2) is 14.2. The molecule has 0 aliphatic heterocycles. The Balaban J connectivity index is 2.07. The molecule has 1 N–H and O–H groups in total. The second-order valence-electron chi connectivity index (χ2n) is 9.43. The van der Waals surface area contributed by atoms with Gasteiger partial charge in [0, 0.05) is 18.1 Å². The number of carbonyl (C=O) groups excluding carboxylic acids is 2. The summed E-state index contributed by atoms with van der Waals surface area (Å²) in [6.45, 7) is 5.40. The first-order valence-electron chi connectivity index (χ1n) is 13.1. The molecule has 0 aliphatic rings. The highest BCUT2D eigenvalue weighted by molar-refractivity contribution is 7.92. The summed E-state index contributed by atoms with van der Waals surface area (Å²) in [7, 11) is -2.76. The van der Waals surface area contributed by atoms with Gasteiger partial charge in [0.1, 0.15) is 18.3 Å². The molecule has 8 nitrogen and oxygen atoms in total. The van der Waals surface area contributed by atoms with Crippen molar-refractivity contribution in [2.45, 2.75) is 51.1 Å². The normalized spacial score (nSPS) is 11.9. The molecule has 1 atom stereocenters. The molecule has 40 heavy (non-hydrogen) atoms. The number of carbonyl (C=O) groups is 2. The lowest BCUT2D eigenvalue weighted by molar-refractivity contribution is -0.139. The van der Waals surface area contributed by atoms with E-state index < -0.39 is 28.5 Å². The standard InChI is InChI=1S/C30H36ClN3O5S/c1-5-6-18-32-30(36)23(3)33(20-24-12-10-11-15-26(24)31)29(35)21-34(27-19-22(2)16-17-28(27)39-4)40(37,38)25-13-8-7-9-14-25/h7-17,19,23H,5-6,18,20-21H2,1-4H3,(H,32,36)/t23-/m1/s1. The maximum Gasteiger partial charge on any atom is 0.264 e. The first kappa shape index (κ1) is 31.0. The third-order valence-corrected chi connectivity index (χ3v) is 8.65. The first-order valence-corrected chi connectivity index (χ1v) is 14.9. The Bertz CT molecular complexity index is 1420. The Morgan fingerprint density at radius 3 is 2.35 bits per heavy atom. The van der Waals surface area contributed by atoms with Crippen LogP contribution in [-0.4, -0.2) is 51.4 Å².